The van der Waals surface area contributed by atoms with Gasteiger partial charge in [0.25, 0.3) is 0 Å². The highest BCUT2D eigenvalue weighted by molar-refractivity contribution is 7.89. The normalized spacial score (nSPS) is 18.4. The fraction of sp³-hybridized carbons (Fsp3) is 0.381. The fourth-order valence-electron chi connectivity index (χ4n) is 4.11. The summed E-state index contributed by atoms with van der Waals surface area (Å²) >= 11 is 6.20. The molecule has 1 amide bonds. The second-order valence-corrected chi connectivity index (χ2v) is 9.89. The molecular formula is C21H23ClN2O4S. The van der Waals surface area contributed by atoms with Crippen molar-refractivity contribution in [3.8, 4) is 0 Å². The maximum Gasteiger partial charge on any atom is 0.414 e. The van der Waals surface area contributed by atoms with Gasteiger partial charge in [0.2, 0.25) is 10.0 Å². The standard InChI is InChI=1S/C21H23ClN2O4S/c1-14-6-7-19(18(22)12-14)29(26,27)23-10-8-17(9-11-23)24-20-15(2)4-3-5-16(20)13-28-21(24)25/h3-7,12,17H,8-11,13H2,1-2H3. The lowest BCUT2D eigenvalue weighted by Crippen LogP contribution is -2.50. The van der Waals surface area contributed by atoms with Gasteiger partial charge in [0.05, 0.1) is 10.7 Å². The number of carbonyl (C=O) groups excluding carboxylic acids is 1. The molecule has 4 rings (SSSR count). The number of carbonyl (C=O) groups is 1. The first-order chi connectivity index (χ1) is 13.8. The molecule has 0 aliphatic carbocycles. The van der Waals surface area contributed by atoms with Crippen LogP contribution < -0.4 is 4.90 Å². The third kappa shape index (κ3) is 3.63. The zero-order chi connectivity index (χ0) is 20.8. The third-order valence-corrected chi connectivity index (χ3v) is 7.99. The number of piperidine rings is 1. The van der Waals surface area contributed by atoms with Crippen LogP contribution in [-0.4, -0.2) is 37.9 Å². The van der Waals surface area contributed by atoms with Gasteiger partial charge in [-0.25, -0.2) is 13.2 Å². The molecule has 2 aliphatic rings. The fourth-order valence-corrected chi connectivity index (χ4v) is 6.15. The monoisotopic (exact) mass is 434 g/mol. The van der Waals surface area contributed by atoms with E-state index in [1.54, 1.807) is 23.1 Å². The number of hydrogen-bond donors (Lipinski definition) is 0. The van der Waals surface area contributed by atoms with Crippen molar-refractivity contribution in [2.75, 3.05) is 18.0 Å². The average Bonchev–Trinajstić information content (AvgIpc) is 2.68. The van der Waals surface area contributed by atoms with Crippen molar-refractivity contribution in [3.05, 3.63) is 58.1 Å². The predicted octanol–water partition coefficient (Wildman–Crippen LogP) is 4.27. The molecule has 2 aromatic rings. The van der Waals surface area contributed by atoms with E-state index in [4.69, 9.17) is 16.3 Å². The average molecular weight is 435 g/mol. The minimum atomic E-state index is -3.68. The number of aryl methyl sites for hydroxylation is 2. The number of cyclic esters (lactones) is 1. The van der Waals surface area contributed by atoms with E-state index < -0.39 is 10.0 Å². The van der Waals surface area contributed by atoms with Crippen LogP contribution in [0.4, 0.5) is 10.5 Å². The van der Waals surface area contributed by atoms with Crippen LogP contribution in [0.25, 0.3) is 0 Å². The highest BCUT2D eigenvalue weighted by Crippen LogP contribution is 2.35. The van der Waals surface area contributed by atoms with Crippen molar-refractivity contribution in [1.82, 2.24) is 4.31 Å². The molecule has 2 aliphatic heterocycles. The first kappa shape index (κ1) is 20.2. The summed E-state index contributed by atoms with van der Waals surface area (Å²) in [5.41, 5.74) is 3.80. The summed E-state index contributed by atoms with van der Waals surface area (Å²) < 4.78 is 32.9. The topological polar surface area (TPSA) is 66.9 Å². The van der Waals surface area contributed by atoms with Gasteiger partial charge in [-0.2, -0.15) is 4.31 Å². The molecule has 1 fully saturated rings. The molecule has 29 heavy (non-hydrogen) atoms. The van der Waals surface area contributed by atoms with Gasteiger partial charge in [0.1, 0.15) is 11.5 Å². The number of nitrogens with zero attached hydrogens (tertiary/aromatic N) is 2. The first-order valence-electron chi connectivity index (χ1n) is 9.60. The maximum absolute atomic E-state index is 13.1. The largest absolute Gasteiger partial charge is 0.444 e. The number of ether oxygens (including phenoxy) is 1. The van der Waals surface area contributed by atoms with Gasteiger partial charge in [-0.05, 0) is 49.9 Å². The van der Waals surface area contributed by atoms with E-state index in [1.807, 2.05) is 32.0 Å². The van der Waals surface area contributed by atoms with E-state index in [9.17, 15) is 13.2 Å². The van der Waals surface area contributed by atoms with Crippen molar-refractivity contribution in [1.29, 1.82) is 0 Å². The Bertz CT molecular complexity index is 1060. The van der Waals surface area contributed by atoms with Crippen LogP contribution in [0.15, 0.2) is 41.3 Å². The third-order valence-electron chi connectivity index (χ3n) is 5.60. The highest BCUT2D eigenvalue weighted by Gasteiger charge is 2.38. The number of halogens is 1. The molecule has 2 heterocycles. The molecular weight excluding hydrogens is 412 g/mol. The Labute approximate surface area is 176 Å². The summed E-state index contributed by atoms with van der Waals surface area (Å²) in [6, 6.07) is 10.7. The summed E-state index contributed by atoms with van der Waals surface area (Å²) in [4.78, 5) is 14.4. The molecule has 0 bridgehead atoms. The summed E-state index contributed by atoms with van der Waals surface area (Å²) in [7, 11) is -3.68. The first-order valence-corrected chi connectivity index (χ1v) is 11.4. The quantitative estimate of drug-likeness (QED) is 0.723. The Morgan fingerprint density at radius 2 is 1.83 bits per heavy atom. The number of sulfonamides is 1. The Hall–Kier alpha value is -2.09. The van der Waals surface area contributed by atoms with Gasteiger partial charge in [0.15, 0.2) is 0 Å². The number of anilines is 1. The predicted molar refractivity (Wildman–Crippen MR) is 112 cm³/mol. The molecule has 0 aromatic heterocycles. The Balaban J connectivity index is 1.55. The molecule has 6 nitrogen and oxygen atoms in total. The number of fused-ring (bicyclic) bond motifs is 1. The molecule has 2 aromatic carbocycles. The summed E-state index contributed by atoms with van der Waals surface area (Å²) in [6.07, 6.45) is 0.701. The lowest BCUT2D eigenvalue weighted by molar-refractivity contribution is 0.135. The summed E-state index contributed by atoms with van der Waals surface area (Å²) in [6.45, 7) is 4.75. The van der Waals surface area contributed by atoms with Crippen LogP contribution in [0.1, 0.15) is 29.5 Å². The zero-order valence-electron chi connectivity index (χ0n) is 16.4. The van der Waals surface area contributed by atoms with Crippen LogP contribution in [-0.2, 0) is 21.4 Å². The number of benzene rings is 2. The van der Waals surface area contributed by atoms with E-state index in [-0.39, 0.29) is 28.7 Å². The smallest absolute Gasteiger partial charge is 0.414 e. The van der Waals surface area contributed by atoms with Crippen LogP contribution in [0.3, 0.4) is 0 Å². The second kappa shape index (κ2) is 7.63. The zero-order valence-corrected chi connectivity index (χ0v) is 18.0. The number of amides is 1. The highest BCUT2D eigenvalue weighted by atomic mass is 35.5. The lowest BCUT2D eigenvalue weighted by atomic mass is 10.00. The molecule has 8 heteroatoms. The summed E-state index contributed by atoms with van der Waals surface area (Å²) in [5, 5.41) is 0.233. The van der Waals surface area contributed by atoms with E-state index in [0.29, 0.717) is 25.9 Å². The van der Waals surface area contributed by atoms with Crippen LogP contribution in [0.2, 0.25) is 5.02 Å². The van der Waals surface area contributed by atoms with Gasteiger partial charge >= 0.3 is 6.09 Å². The molecule has 1 saturated heterocycles. The van der Waals surface area contributed by atoms with Crippen LogP contribution in [0, 0.1) is 13.8 Å². The van der Waals surface area contributed by atoms with Gasteiger partial charge in [-0.1, -0.05) is 35.9 Å². The number of rotatable bonds is 3. The van der Waals surface area contributed by atoms with Gasteiger partial charge < -0.3 is 4.74 Å². The van der Waals surface area contributed by atoms with E-state index in [1.165, 1.54) is 4.31 Å². The number of para-hydroxylation sites is 1. The van der Waals surface area contributed by atoms with Crippen LogP contribution >= 0.6 is 11.6 Å². The SMILES string of the molecule is Cc1ccc(S(=O)(=O)N2CCC(N3C(=O)OCc4cccc(C)c43)CC2)c(Cl)c1. The summed E-state index contributed by atoms with van der Waals surface area (Å²) in [5.74, 6) is 0. The Morgan fingerprint density at radius 3 is 2.52 bits per heavy atom. The minimum absolute atomic E-state index is 0.109. The van der Waals surface area contributed by atoms with E-state index in [2.05, 4.69) is 0 Å². The molecule has 154 valence electrons. The van der Waals surface area contributed by atoms with Gasteiger partial charge in [-0.15, -0.1) is 0 Å². The van der Waals surface area contributed by atoms with Crippen molar-refractivity contribution in [2.24, 2.45) is 0 Å². The van der Waals surface area contributed by atoms with Gasteiger partial charge in [-0.3, -0.25) is 4.90 Å². The van der Waals surface area contributed by atoms with Crippen molar-refractivity contribution in [3.63, 3.8) is 0 Å². The molecule has 0 saturated carbocycles. The molecule has 0 atom stereocenters. The van der Waals surface area contributed by atoms with E-state index >= 15 is 0 Å². The van der Waals surface area contributed by atoms with Crippen LogP contribution in [0.5, 0.6) is 0 Å². The molecule has 0 N–H and O–H groups in total. The molecule has 0 spiro atoms. The van der Waals surface area contributed by atoms with Gasteiger partial charge in [0, 0.05) is 24.7 Å². The van der Waals surface area contributed by atoms with Crippen molar-refractivity contribution < 1.29 is 17.9 Å². The van der Waals surface area contributed by atoms with Crippen molar-refractivity contribution in [2.45, 2.75) is 44.2 Å². The Kier molecular flexibility index (Phi) is 5.31. The second-order valence-electron chi connectivity index (χ2n) is 7.58. The van der Waals surface area contributed by atoms with E-state index in [0.717, 1.165) is 22.4 Å². The molecule has 0 radical (unpaired) electrons. The minimum Gasteiger partial charge on any atom is -0.444 e. The molecule has 0 unspecified atom stereocenters. The van der Waals surface area contributed by atoms with Crippen molar-refractivity contribution >= 4 is 33.4 Å². The maximum atomic E-state index is 13.1. The lowest BCUT2D eigenvalue weighted by Gasteiger charge is -2.40. The Morgan fingerprint density at radius 1 is 1.10 bits per heavy atom. The number of hydrogen-bond acceptors (Lipinski definition) is 4.